The number of rotatable bonds is 7. The average molecular weight is 383 g/mol. The highest BCUT2D eigenvalue weighted by atomic mass is 35.9. The summed E-state index contributed by atoms with van der Waals surface area (Å²) in [7, 11) is -1.22. The first-order valence-corrected chi connectivity index (χ1v) is 12.6. The van der Waals surface area contributed by atoms with Crippen molar-refractivity contribution in [2.45, 2.75) is 79.6 Å². The van der Waals surface area contributed by atoms with E-state index in [4.69, 9.17) is 33.7 Å². The van der Waals surface area contributed by atoms with E-state index in [1.807, 2.05) is 0 Å². The van der Waals surface area contributed by atoms with Gasteiger partial charge in [0.1, 0.15) is 0 Å². The molecule has 0 saturated heterocycles. The zero-order valence-corrected chi connectivity index (χ0v) is 17.7. The van der Waals surface area contributed by atoms with Crippen LogP contribution in [0.2, 0.25) is 0 Å². The highest BCUT2D eigenvalue weighted by molar-refractivity contribution is 8.11. The van der Waals surface area contributed by atoms with Crippen LogP contribution in [0.15, 0.2) is 4.52 Å². The molecule has 0 saturated carbocycles. The number of hydrogen-bond acceptors (Lipinski definition) is 2. The van der Waals surface area contributed by atoms with Crippen LogP contribution < -0.4 is 0 Å². The van der Waals surface area contributed by atoms with Crippen molar-refractivity contribution in [2.24, 2.45) is 4.52 Å². The zero-order valence-electron chi connectivity index (χ0n) is 13.7. The fraction of sp³-hybridized carbons (Fsp3) is 1.00. The predicted molar refractivity (Wildman–Crippen MR) is 98.0 cm³/mol. The molecule has 0 aliphatic carbocycles. The van der Waals surface area contributed by atoms with E-state index in [0.29, 0.717) is 12.1 Å². The molecule has 0 aromatic heterocycles. The fourth-order valence-electron chi connectivity index (χ4n) is 2.31. The number of nitrogens with zero attached hydrogens (tertiary/aromatic N) is 3. The van der Waals surface area contributed by atoms with Crippen LogP contribution in [-0.4, -0.2) is 33.5 Å². The van der Waals surface area contributed by atoms with Crippen molar-refractivity contribution in [1.29, 1.82) is 0 Å². The smallest absolute Gasteiger partial charge is 0.211 e. The second kappa shape index (κ2) is 8.92. The van der Waals surface area contributed by atoms with Crippen LogP contribution in [-0.2, 0) is 0 Å². The van der Waals surface area contributed by atoms with Crippen molar-refractivity contribution in [3.8, 4) is 0 Å². The van der Waals surface area contributed by atoms with Gasteiger partial charge in [-0.3, -0.25) is 0 Å². The van der Waals surface area contributed by atoms with E-state index in [9.17, 15) is 0 Å². The van der Waals surface area contributed by atoms with Gasteiger partial charge in [-0.15, -0.1) is 0 Å². The maximum absolute atomic E-state index is 6.58. The summed E-state index contributed by atoms with van der Waals surface area (Å²) in [6.45, 7) is 16.7. The summed E-state index contributed by atoms with van der Waals surface area (Å²) in [5, 5.41) is 0. The molecule has 0 aliphatic heterocycles. The normalized spacial score (nSPS) is 15.2. The molecule has 1 unspecified atom stereocenters. The summed E-state index contributed by atoms with van der Waals surface area (Å²) in [6, 6.07) is 1.08. The molecule has 0 fully saturated rings. The predicted octanol–water partition coefficient (Wildman–Crippen LogP) is 7.11. The zero-order chi connectivity index (χ0) is 16.2. The Bertz CT molecular complexity index is 327. The Hall–Kier alpha value is 1.45. The van der Waals surface area contributed by atoms with E-state index in [2.05, 4.69) is 69.2 Å². The van der Waals surface area contributed by atoms with E-state index in [0.717, 1.165) is 0 Å². The Morgan fingerprint density at radius 1 is 0.800 bits per heavy atom. The summed E-state index contributed by atoms with van der Waals surface area (Å²) < 4.78 is 8.84. The summed E-state index contributed by atoms with van der Waals surface area (Å²) in [5.74, 6) is -2.60. The van der Waals surface area contributed by atoms with Crippen LogP contribution in [0.1, 0.15) is 55.4 Å². The van der Waals surface area contributed by atoms with Gasteiger partial charge >= 0.3 is 0 Å². The lowest BCUT2D eigenvalue weighted by atomic mass is 10.3. The SMILES string of the molecule is CC(C)N(C(C)C)P(Cl)N=P(Cl)(Cl)N(C(C)C)C(C)C. The Kier molecular flexibility index (Phi) is 9.57. The Balaban J connectivity index is 5.45. The van der Waals surface area contributed by atoms with Crippen LogP contribution in [0.25, 0.3) is 0 Å². The molecule has 0 radical (unpaired) electrons. The van der Waals surface area contributed by atoms with Crippen molar-refractivity contribution in [1.82, 2.24) is 9.34 Å². The van der Waals surface area contributed by atoms with E-state index in [1.54, 1.807) is 0 Å². The van der Waals surface area contributed by atoms with Crippen molar-refractivity contribution in [3.05, 3.63) is 0 Å². The minimum Gasteiger partial charge on any atom is -0.246 e. The van der Waals surface area contributed by atoms with Gasteiger partial charge in [-0.2, -0.15) is 0 Å². The molecule has 0 rings (SSSR count). The lowest BCUT2D eigenvalue weighted by molar-refractivity contribution is 0.323. The summed E-state index contributed by atoms with van der Waals surface area (Å²) in [6.07, 6.45) is 0. The largest absolute Gasteiger partial charge is 0.246 e. The second-order valence-corrected chi connectivity index (χ2v) is 13.2. The first-order chi connectivity index (χ1) is 8.91. The van der Waals surface area contributed by atoms with Crippen LogP contribution in [0, 0.1) is 0 Å². The van der Waals surface area contributed by atoms with Gasteiger partial charge in [0.15, 0.2) is 7.58 Å². The van der Waals surface area contributed by atoms with Crippen LogP contribution >= 0.6 is 47.2 Å². The van der Waals surface area contributed by atoms with Crippen LogP contribution in [0.4, 0.5) is 0 Å². The standard InChI is InChI=1S/C12H28Cl3N3P2/c1-9(2)17(10(3)4)19(13)16-20(14,15)18(11(5)6)12(7)8/h9-12H,1-8H3. The molecule has 0 spiro atoms. The molecule has 0 amide bonds. The van der Waals surface area contributed by atoms with Gasteiger partial charge in [-0.1, -0.05) is 11.2 Å². The van der Waals surface area contributed by atoms with E-state index in [1.165, 1.54) is 0 Å². The third-order valence-electron chi connectivity index (χ3n) is 2.77. The molecule has 8 heteroatoms. The molecule has 3 nitrogen and oxygen atoms in total. The topological polar surface area (TPSA) is 18.8 Å². The fourth-order valence-corrected chi connectivity index (χ4v) is 11.4. The molecule has 0 aliphatic rings. The lowest BCUT2D eigenvalue weighted by Gasteiger charge is -2.37. The third-order valence-corrected chi connectivity index (χ3v) is 10.4. The Labute approximate surface area is 140 Å². The Morgan fingerprint density at radius 2 is 1.15 bits per heavy atom. The molecular weight excluding hydrogens is 354 g/mol. The van der Waals surface area contributed by atoms with Crippen molar-refractivity contribution in [3.63, 3.8) is 0 Å². The van der Waals surface area contributed by atoms with Gasteiger partial charge in [-0.25, -0.2) is 13.9 Å². The summed E-state index contributed by atoms with van der Waals surface area (Å²) in [4.78, 5) is 0. The van der Waals surface area contributed by atoms with Gasteiger partial charge in [-0.05, 0) is 77.9 Å². The van der Waals surface area contributed by atoms with Gasteiger partial charge < -0.3 is 0 Å². The van der Waals surface area contributed by atoms with Crippen molar-refractivity contribution >= 4 is 47.2 Å². The summed E-state index contributed by atoms with van der Waals surface area (Å²) >= 11 is 19.7. The third kappa shape index (κ3) is 6.29. The molecule has 0 aromatic rings. The highest BCUT2D eigenvalue weighted by Gasteiger charge is 2.32. The van der Waals surface area contributed by atoms with E-state index < -0.39 is 13.5 Å². The average Bonchev–Trinajstić information content (AvgIpc) is 2.10. The van der Waals surface area contributed by atoms with Crippen molar-refractivity contribution in [2.75, 3.05) is 0 Å². The first-order valence-electron chi connectivity index (χ1n) is 6.96. The lowest BCUT2D eigenvalue weighted by Crippen LogP contribution is -2.32. The summed E-state index contributed by atoms with van der Waals surface area (Å²) in [5.41, 5.74) is 0. The molecule has 122 valence electrons. The van der Waals surface area contributed by atoms with Crippen LogP contribution in [0.5, 0.6) is 0 Å². The quantitative estimate of drug-likeness (QED) is 0.437. The molecule has 0 heterocycles. The molecular formula is C12H28Cl3N3P2. The highest BCUT2D eigenvalue weighted by Crippen LogP contribution is 2.71. The molecule has 0 bridgehead atoms. The maximum atomic E-state index is 6.58. The molecule has 20 heavy (non-hydrogen) atoms. The number of halogens is 3. The Morgan fingerprint density at radius 3 is 1.40 bits per heavy atom. The molecule has 0 aromatic carbocycles. The first kappa shape index (κ1) is 21.4. The number of hydrogen-bond donors (Lipinski definition) is 0. The minimum atomic E-state index is -2.60. The van der Waals surface area contributed by atoms with Crippen LogP contribution in [0.3, 0.4) is 0 Å². The monoisotopic (exact) mass is 381 g/mol. The minimum absolute atomic E-state index is 0.230. The van der Waals surface area contributed by atoms with E-state index in [-0.39, 0.29) is 12.1 Å². The maximum Gasteiger partial charge on any atom is 0.211 e. The van der Waals surface area contributed by atoms with Crippen molar-refractivity contribution < 1.29 is 0 Å². The molecule has 1 atom stereocenters. The van der Waals surface area contributed by atoms with E-state index >= 15 is 0 Å². The van der Waals surface area contributed by atoms with Gasteiger partial charge in [0.2, 0.25) is 5.91 Å². The van der Waals surface area contributed by atoms with Gasteiger partial charge in [0.25, 0.3) is 0 Å². The molecule has 0 N–H and O–H groups in total. The van der Waals surface area contributed by atoms with Gasteiger partial charge in [0.05, 0.1) is 0 Å². The second-order valence-electron chi connectivity index (χ2n) is 5.92. The van der Waals surface area contributed by atoms with Gasteiger partial charge in [0, 0.05) is 24.2 Å².